The summed E-state index contributed by atoms with van der Waals surface area (Å²) in [6, 6.07) is 43.0. The second-order valence-electron chi connectivity index (χ2n) is 13.8. The van der Waals surface area contributed by atoms with Crippen LogP contribution < -0.4 is 9.97 Å². The monoisotopic (exact) mass is 798 g/mol. The molecule has 266 valence electrons. The fourth-order valence-corrected chi connectivity index (χ4v) is 7.15. The normalized spacial score (nSPS) is 11.5. The zero-order valence-corrected chi connectivity index (χ0v) is 32.6. The number of rotatable bonds is 4. The van der Waals surface area contributed by atoms with Crippen LogP contribution in [-0.4, -0.2) is 9.97 Å². The summed E-state index contributed by atoms with van der Waals surface area (Å²) in [6.45, 7) is 12.9. The molecule has 0 amide bonds. The number of hydrogen-bond acceptors (Lipinski definition) is 2. The molecule has 0 spiro atoms. The first-order valence-corrected chi connectivity index (χ1v) is 17.9. The Morgan fingerprint density at radius 2 is 0.545 bits per heavy atom. The minimum absolute atomic E-state index is 0. The zero-order valence-electron chi connectivity index (χ0n) is 30.9. The molecular weight excluding hydrogens is 762 g/mol. The van der Waals surface area contributed by atoms with Gasteiger partial charge in [0.1, 0.15) is 0 Å². The third kappa shape index (κ3) is 7.24. The molecule has 2 aliphatic rings. The molecule has 5 nitrogen and oxygen atoms in total. The number of nitrogens with zero attached hydrogens (tertiary/aromatic N) is 4. The summed E-state index contributed by atoms with van der Waals surface area (Å²) in [5.74, 6) is 0. The molecule has 0 N–H and O–H groups in total. The van der Waals surface area contributed by atoms with Gasteiger partial charge in [0, 0.05) is 0 Å². The van der Waals surface area contributed by atoms with Crippen LogP contribution >= 0.6 is 0 Å². The number of aromatic nitrogens is 4. The van der Waals surface area contributed by atoms with Gasteiger partial charge in [0.15, 0.2) is 0 Å². The van der Waals surface area contributed by atoms with Gasteiger partial charge in [-0.25, -0.2) is 9.97 Å². The van der Waals surface area contributed by atoms with E-state index in [1.165, 1.54) is 22.3 Å². The van der Waals surface area contributed by atoms with Crippen molar-refractivity contribution < 1.29 is 24.1 Å². The Kier molecular flexibility index (Phi) is 10.6. The summed E-state index contributed by atoms with van der Waals surface area (Å²) in [5, 5.41) is 0. The van der Waals surface area contributed by atoms with E-state index >= 15 is 0 Å². The second kappa shape index (κ2) is 15.7. The van der Waals surface area contributed by atoms with E-state index in [1.807, 2.05) is 0 Å². The van der Waals surface area contributed by atoms with Gasteiger partial charge >= 0.3 is 30.8 Å². The molecule has 9 rings (SSSR count). The SMILES string of the molecule is Cc1ccc(-c2c3nc(c(-c4ccc(C)cc4)c4ccc([n-]4)c(-c4ccc(C)cc4)c4nc(c(-c5ccc(C)cc5)c5ccc2[n-]5)C=C4)C=C3)cc1.[C-]#[O+].[Ru+2]. The summed E-state index contributed by atoms with van der Waals surface area (Å²) in [6.07, 6.45) is 8.48. The molecule has 4 aromatic carbocycles. The zero-order chi connectivity index (χ0) is 37.3. The molecule has 0 fully saturated rings. The summed E-state index contributed by atoms with van der Waals surface area (Å²) < 4.78 is 7.50. The number of fused-ring (bicyclic) bond motifs is 8. The molecule has 0 saturated carbocycles. The number of benzene rings is 4. The maximum absolute atomic E-state index is 7.50. The van der Waals surface area contributed by atoms with Crippen LogP contribution in [0.15, 0.2) is 121 Å². The van der Waals surface area contributed by atoms with Crippen molar-refractivity contribution in [3.8, 4) is 44.5 Å². The topological polar surface area (TPSA) is 73.9 Å². The van der Waals surface area contributed by atoms with Gasteiger partial charge in [-0.3, -0.25) is 0 Å². The van der Waals surface area contributed by atoms with Crippen molar-refractivity contribution in [3.63, 3.8) is 0 Å². The molecule has 5 heterocycles. The predicted molar refractivity (Wildman–Crippen MR) is 221 cm³/mol. The van der Waals surface area contributed by atoms with Crippen LogP contribution in [0.3, 0.4) is 0 Å². The maximum Gasteiger partial charge on any atom is 2.00 e. The molecule has 0 saturated heterocycles. The quantitative estimate of drug-likeness (QED) is 0.101. The van der Waals surface area contributed by atoms with Gasteiger partial charge in [-0.2, -0.15) is 0 Å². The molecule has 55 heavy (non-hydrogen) atoms. The minimum Gasteiger partial charge on any atom is 2.00 e. The Balaban J connectivity index is 0.00000153. The fourth-order valence-electron chi connectivity index (χ4n) is 7.15. The number of hydrogen-bond donors (Lipinski definition) is 0. The fraction of sp³-hybridized carbons (Fsp3) is 0.0816. The van der Waals surface area contributed by atoms with Crippen LogP contribution in [0.1, 0.15) is 45.0 Å². The van der Waals surface area contributed by atoms with Crippen molar-refractivity contribution in [2.24, 2.45) is 0 Å². The summed E-state index contributed by atoms with van der Waals surface area (Å²) in [5.41, 5.74) is 19.9. The van der Waals surface area contributed by atoms with Gasteiger partial charge in [-0.1, -0.05) is 144 Å². The second-order valence-corrected chi connectivity index (χ2v) is 13.8. The number of aryl methyl sites for hydroxylation is 4. The molecule has 0 aliphatic carbocycles. The molecule has 7 aromatic rings. The Bertz CT molecular complexity index is 2410. The van der Waals surface area contributed by atoms with E-state index < -0.39 is 0 Å². The predicted octanol–water partition coefficient (Wildman–Crippen LogP) is 11.8. The molecule has 8 bridgehead atoms. The van der Waals surface area contributed by atoms with Gasteiger partial charge < -0.3 is 9.97 Å². The molecule has 3 aromatic heterocycles. The Hall–Kier alpha value is -6.16. The smallest absolute Gasteiger partial charge is 2.00 e. The first-order valence-electron chi connectivity index (χ1n) is 17.9. The molecule has 0 unspecified atom stereocenters. The summed E-state index contributed by atoms with van der Waals surface area (Å²) in [7, 11) is 0. The molecular formula is C49H36N4ORu. The molecule has 0 radical (unpaired) electrons. The van der Waals surface area contributed by atoms with Gasteiger partial charge in [0.05, 0.1) is 22.8 Å². The average Bonchev–Trinajstić information content (AvgIpc) is 4.03. The Morgan fingerprint density at radius 1 is 0.345 bits per heavy atom. The maximum atomic E-state index is 7.50. The molecule has 2 aliphatic heterocycles. The van der Waals surface area contributed by atoms with Crippen LogP contribution in [0.25, 0.3) is 90.9 Å². The van der Waals surface area contributed by atoms with Crippen molar-refractivity contribution in [1.29, 1.82) is 0 Å². The third-order valence-corrected chi connectivity index (χ3v) is 9.97. The van der Waals surface area contributed by atoms with E-state index in [2.05, 4.69) is 180 Å². The van der Waals surface area contributed by atoms with E-state index in [0.29, 0.717) is 0 Å². The van der Waals surface area contributed by atoms with Crippen LogP contribution in [0, 0.1) is 34.3 Å². The van der Waals surface area contributed by atoms with Gasteiger partial charge in [-0.15, -0.1) is 22.1 Å². The van der Waals surface area contributed by atoms with Gasteiger partial charge in [0.25, 0.3) is 0 Å². The molecule has 0 atom stereocenters. The van der Waals surface area contributed by atoms with Crippen LogP contribution in [-0.2, 0) is 24.1 Å². The van der Waals surface area contributed by atoms with Gasteiger partial charge in [-0.05, 0) is 96.5 Å². The average molecular weight is 798 g/mol. The third-order valence-electron chi connectivity index (χ3n) is 9.97. The van der Waals surface area contributed by atoms with E-state index in [4.69, 9.17) is 24.6 Å². The van der Waals surface area contributed by atoms with Gasteiger partial charge in [0.2, 0.25) is 0 Å². The van der Waals surface area contributed by atoms with Crippen molar-refractivity contribution in [1.82, 2.24) is 19.9 Å². The van der Waals surface area contributed by atoms with Crippen LogP contribution in [0.5, 0.6) is 0 Å². The first-order chi connectivity index (χ1) is 26.4. The van der Waals surface area contributed by atoms with Crippen LogP contribution in [0.4, 0.5) is 0 Å². The first kappa shape index (κ1) is 37.2. The van der Waals surface area contributed by atoms with Crippen molar-refractivity contribution in [2.45, 2.75) is 27.7 Å². The Labute approximate surface area is 334 Å². The van der Waals surface area contributed by atoms with E-state index in [-0.39, 0.29) is 19.5 Å². The van der Waals surface area contributed by atoms with Crippen molar-refractivity contribution in [2.75, 3.05) is 0 Å². The van der Waals surface area contributed by atoms with Crippen molar-refractivity contribution in [3.05, 3.63) is 173 Å². The molecule has 6 heteroatoms. The summed E-state index contributed by atoms with van der Waals surface area (Å²) in [4.78, 5) is 21.5. The van der Waals surface area contributed by atoms with E-state index in [0.717, 1.165) is 89.4 Å². The summed E-state index contributed by atoms with van der Waals surface area (Å²) >= 11 is 0. The van der Waals surface area contributed by atoms with E-state index in [9.17, 15) is 0 Å². The largest absolute Gasteiger partial charge is 2.00 e. The minimum atomic E-state index is 0. The van der Waals surface area contributed by atoms with Crippen LogP contribution in [0.2, 0.25) is 0 Å². The van der Waals surface area contributed by atoms with Crippen molar-refractivity contribution >= 4 is 46.4 Å². The van der Waals surface area contributed by atoms with E-state index in [1.54, 1.807) is 0 Å². The Morgan fingerprint density at radius 3 is 0.745 bits per heavy atom. The standard InChI is InChI=1S/C48H36N4.CO.Ru/c1-29-5-13-33(14-6-29)45-37-21-23-39(49-37)46(34-15-7-30(2)8-16-34)41-25-27-43(51-41)48(36-19-11-32(4)12-20-36)44-28-26-42(52-44)47(40-24-22-38(45)50-40)35-17-9-31(3)10-18-35;1-2;/h5-28H,1-4H3;;/q-2;;+2.